The molecule has 0 aromatic heterocycles. The largest absolute Gasteiger partial charge is 0.483 e. The zero-order valence-corrected chi connectivity index (χ0v) is 24.4. The molecule has 0 unspecified atom stereocenters. The first-order valence-electron chi connectivity index (χ1n) is 13.1. The summed E-state index contributed by atoms with van der Waals surface area (Å²) in [7, 11) is 0. The number of halogens is 1. The fourth-order valence-corrected chi connectivity index (χ4v) is 4.94. The molecule has 0 saturated carbocycles. The van der Waals surface area contributed by atoms with Crippen LogP contribution < -0.4 is 19.9 Å². The first-order chi connectivity index (χ1) is 20.2. The van der Waals surface area contributed by atoms with Gasteiger partial charge in [-0.3, -0.25) is 14.4 Å². The summed E-state index contributed by atoms with van der Waals surface area (Å²) in [5.41, 5.74) is 3.71. The number of anilines is 3. The Kier molecular flexibility index (Phi) is 8.31. The summed E-state index contributed by atoms with van der Waals surface area (Å²) >= 11 is 3.46. The van der Waals surface area contributed by atoms with E-state index in [1.807, 2.05) is 32.0 Å². The Labute approximate surface area is 251 Å². The zero-order valence-electron chi connectivity index (χ0n) is 22.8. The number of aryl methyl sites for hydroxylation is 2. The summed E-state index contributed by atoms with van der Waals surface area (Å²) in [4.78, 5) is 55.1. The van der Waals surface area contributed by atoms with Gasteiger partial charge in [-0.1, -0.05) is 54.6 Å². The van der Waals surface area contributed by atoms with E-state index in [0.717, 1.165) is 26.6 Å². The Morgan fingerprint density at radius 2 is 1.40 bits per heavy atom. The second-order valence-electron chi connectivity index (χ2n) is 9.64. The number of nitrogens with zero attached hydrogens (tertiary/aromatic N) is 2. The van der Waals surface area contributed by atoms with Crippen molar-refractivity contribution >= 4 is 62.8 Å². The van der Waals surface area contributed by atoms with E-state index in [1.165, 1.54) is 6.08 Å². The summed E-state index contributed by atoms with van der Waals surface area (Å²) in [5, 5.41) is 2.85. The van der Waals surface area contributed by atoms with Gasteiger partial charge in [-0.2, -0.15) is 0 Å². The van der Waals surface area contributed by atoms with E-state index in [-0.39, 0.29) is 18.1 Å². The number of nitrogens with one attached hydrogen (secondary N) is 1. The number of ether oxygens (including phenoxy) is 1. The predicted octanol–water partition coefficient (Wildman–Crippen LogP) is 6.67. The molecule has 1 heterocycles. The van der Waals surface area contributed by atoms with Crippen LogP contribution in [-0.4, -0.2) is 30.4 Å². The number of carbonyl (C=O) groups is 4. The Balaban J connectivity index is 1.39. The van der Waals surface area contributed by atoms with Crippen molar-refractivity contribution in [1.82, 2.24) is 0 Å². The summed E-state index contributed by atoms with van der Waals surface area (Å²) < 4.78 is 6.23. The molecule has 1 aliphatic heterocycles. The maximum absolute atomic E-state index is 13.6. The van der Waals surface area contributed by atoms with Crippen LogP contribution in [0.25, 0.3) is 6.08 Å². The zero-order chi connectivity index (χ0) is 29.8. The van der Waals surface area contributed by atoms with Gasteiger partial charge < -0.3 is 10.1 Å². The van der Waals surface area contributed by atoms with E-state index in [9.17, 15) is 19.2 Å². The minimum Gasteiger partial charge on any atom is -0.483 e. The fraction of sp³-hybridized carbons (Fsp3) is 0.0909. The van der Waals surface area contributed by atoms with Gasteiger partial charge in [-0.15, -0.1) is 0 Å². The number of carbonyl (C=O) groups excluding carboxylic acids is 4. The Hall–Kier alpha value is -5.02. The van der Waals surface area contributed by atoms with Gasteiger partial charge in [0.25, 0.3) is 17.7 Å². The minimum absolute atomic E-state index is 0.184. The summed E-state index contributed by atoms with van der Waals surface area (Å²) in [5.74, 6) is -1.38. The molecule has 5 rings (SSSR count). The van der Waals surface area contributed by atoms with Crippen LogP contribution in [0, 0.1) is 13.8 Å². The summed E-state index contributed by atoms with van der Waals surface area (Å²) in [6.45, 7) is 3.64. The second-order valence-corrected chi connectivity index (χ2v) is 10.5. The lowest BCUT2D eigenvalue weighted by Gasteiger charge is -2.33. The van der Waals surface area contributed by atoms with Crippen LogP contribution in [0.1, 0.15) is 16.7 Å². The molecular formula is C33H26BrN3O5. The number of hydrogen-bond donors (Lipinski definition) is 1. The molecule has 8 nitrogen and oxygen atoms in total. The normalized spacial score (nSPS) is 13.3. The van der Waals surface area contributed by atoms with Gasteiger partial charge in [0.15, 0.2) is 6.61 Å². The van der Waals surface area contributed by atoms with Gasteiger partial charge in [0.1, 0.15) is 11.3 Å². The van der Waals surface area contributed by atoms with Gasteiger partial charge in [-0.05, 0) is 95.0 Å². The molecule has 1 N–H and O–H groups in total. The molecular weight excluding hydrogens is 598 g/mol. The number of benzene rings is 4. The lowest BCUT2D eigenvalue weighted by atomic mass is 10.0. The van der Waals surface area contributed by atoms with Gasteiger partial charge in [-0.25, -0.2) is 14.6 Å². The third-order valence-electron chi connectivity index (χ3n) is 6.57. The van der Waals surface area contributed by atoms with Gasteiger partial charge in [0.05, 0.1) is 15.8 Å². The SMILES string of the molecule is Cc1ccc(C)c(NC(=O)COc2ccc(C=C3C(=O)N(c4ccccc4)C(=O)N(c4ccccc4)C3=O)cc2Br)c1. The van der Waals surface area contributed by atoms with Crippen molar-refractivity contribution in [2.45, 2.75) is 13.8 Å². The highest BCUT2D eigenvalue weighted by atomic mass is 79.9. The predicted molar refractivity (Wildman–Crippen MR) is 165 cm³/mol. The van der Waals surface area contributed by atoms with Crippen molar-refractivity contribution in [2.75, 3.05) is 21.7 Å². The Morgan fingerprint density at radius 1 is 0.810 bits per heavy atom. The Morgan fingerprint density at radius 3 is 1.98 bits per heavy atom. The summed E-state index contributed by atoms with van der Waals surface area (Å²) in [6.07, 6.45) is 1.44. The monoisotopic (exact) mass is 623 g/mol. The van der Waals surface area contributed by atoms with Crippen LogP contribution in [0.2, 0.25) is 0 Å². The number of hydrogen-bond acceptors (Lipinski definition) is 5. The molecule has 1 saturated heterocycles. The molecule has 4 aromatic rings. The van der Waals surface area contributed by atoms with E-state index in [1.54, 1.807) is 78.9 Å². The number of amides is 5. The number of barbiturate groups is 1. The van der Waals surface area contributed by atoms with Crippen molar-refractivity contribution in [1.29, 1.82) is 0 Å². The maximum Gasteiger partial charge on any atom is 0.343 e. The number of para-hydroxylation sites is 2. The first kappa shape index (κ1) is 28.5. The molecule has 0 aliphatic carbocycles. The van der Waals surface area contributed by atoms with Crippen molar-refractivity contribution in [2.24, 2.45) is 0 Å². The molecule has 4 aromatic carbocycles. The smallest absolute Gasteiger partial charge is 0.343 e. The molecule has 9 heteroatoms. The van der Waals surface area contributed by atoms with E-state index in [4.69, 9.17) is 4.74 Å². The fourth-order valence-electron chi connectivity index (χ4n) is 4.43. The molecule has 1 aliphatic rings. The highest BCUT2D eigenvalue weighted by Gasteiger charge is 2.43. The molecule has 0 atom stereocenters. The molecule has 0 bridgehead atoms. The third kappa shape index (κ3) is 6.01. The standard InChI is InChI=1S/C33H26BrN3O5/c1-21-13-14-22(2)28(17-21)35-30(38)20-42-29-16-15-23(19-27(29)34)18-26-31(39)36(24-9-5-3-6-10-24)33(41)37(32(26)40)25-11-7-4-8-12-25/h3-19H,20H2,1-2H3,(H,35,38). The van der Waals surface area contributed by atoms with Crippen molar-refractivity contribution < 1.29 is 23.9 Å². The molecule has 210 valence electrons. The van der Waals surface area contributed by atoms with Crippen molar-refractivity contribution in [3.05, 3.63) is 124 Å². The maximum atomic E-state index is 13.6. The molecule has 0 radical (unpaired) electrons. The molecule has 42 heavy (non-hydrogen) atoms. The highest BCUT2D eigenvalue weighted by molar-refractivity contribution is 9.10. The van der Waals surface area contributed by atoms with Gasteiger partial charge in [0.2, 0.25) is 0 Å². The third-order valence-corrected chi connectivity index (χ3v) is 7.19. The average Bonchev–Trinajstić information content (AvgIpc) is 2.98. The lowest BCUT2D eigenvalue weighted by molar-refractivity contribution is -0.121. The van der Waals surface area contributed by atoms with E-state index < -0.39 is 17.8 Å². The van der Waals surface area contributed by atoms with Crippen molar-refractivity contribution in [3.63, 3.8) is 0 Å². The van der Waals surface area contributed by atoms with Crippen LogP contribution in [0.5, 0.6) is 5.75 Å². The van der Waals surface area contributed by atoms with E-state index in [0.29, 0.717) is 27.2 Å². The van der Waals surface area contributed by atoms with Gasteiger partial charge >= 0.3 is 6.03 Å². The summed E-state index contributed by atoms with van der Waals surface area (Å²) in [6, 6.07) is 26.9. The highest BCUT2D eigenvalue weighted by Crippen LogP contribution is 2.31. The van der Waals surface area contributed by atoms with Crippen molar-refractivity contribution in [3.8, 4) is 5.75 Å². The Bertz CT molecular complexity index is 1660. The average molecular weight is 624 g/mol. The minimum atomic E-state index is -0.761. The quantitative estimate of drug-likeness (QED) is 0.183. The van der Waals surface area contributed by atoms with Gasteiger partial charge in [0, 0.05) is 5.69 Å². The van der Waals surface area contributed by atoms with Crippen LogP contribution >= 0.6 is 15.9 Å². The second kappa shape index (κ2) is 12.2. The molecule has 5 amide bonds. The molecule has 0 spiro atoms. The van der Waals surface area contributed by atoms with E-state index in [2.05, 4.69) is 21.2 Å². The van der Waals surface area contributed by atoms with Crippen LogP contribution in [0.4, 0.5) is 21.9 Å². The number of imide groups is 2. The van der Waals surface area contributed by atoms with Crippen LogP contribution in [0.15, 0.2) is 107 Å². The van der Waals surface area contributed by atoms with E-state index >= 15 is 0 Å². The molecule has 1 fully saturated rings. The van der Waals surface area contributed by atoms with Crippen LogP contribution in [-0.2, 0) is 14.4 Å². The topological polar surface area (TPSA) is 96.0 Å². The number of rotatable bonds is 7. The van der Waals surface area contributed by atoms with Crippen LogP contribution in [0.3, 0.4) is 0 Å². The number of urea groups is 1. The first-order valence-corrected chi connectivity index (χ1v) is 13.9. The lowest BCUT2D eigenvalue weighted by Crippen LogP contribution is -2.57.